The monoisotopic (exact) mass is 230 g/mol. The minimum absolute atomic E-state index is 0.0765. The van der Waals surface area contributed by atoms with E-state index in [1.165, 1.54) is 5.06 Å². The molecule has 0 aliphatic carbocycles. The Bertz CT molecular complexity index is 256. The number of carbonyl (C=O) groups excluding carboxylic acids is 1. The Morgan fingerprint density at radius 2 is 2.25 bits per heavy atom. The van der Waals surface area contributed by atoms with E-state index in [0.29, 0.717) is 13.1 Å². The smallest absolute Gasteiger partial charge is 0.239 e. The number of amides is 1. The van der Waals surface area contributed by atoms with E-state index in [9.17, 15) is 4.79 Å². The lowest BCUT2D eigenvalue weighted by Crippen LogP contribution is -2.55. The third-order valence-electron chi connectivity index (χ3n) is 2.59. The Hall–Kier alpha value is -0.650. The van der Waals surface area contributed by atoms with Crippen molar-refractivity contribution in [2.24, 2.45) is 0 Å². The van der Waals surface area contributed by atoms with Crippen LogP contribution in [0.2, 0.25) is 0 Å². The number of hydrogen-bond donors (Lipinski definition) is 0. The van der Waals surface area contributed by atoms with Gasteiger partial charge in [-0.2, -0.15) is 5.06 Å². The number of carbonyl (C=O) groups is 1. The van der Waals surface area contributed by atoms with Crippen molar-refractivity contribution in [2.45, 2.75) is 32.5 Å². The number of morpholine rings is 1. The van der Waals surface area contributed by atoms with Crippen molar-refractivity contribution in [3.8, 4) is 0 Å². The van der Waals surface area contributed by atoms with Crippen molar-refractivity contribution in [1.82, 2.24) is 9.96 Å². The summed E-state index contributed by atoms with van der Waals surface area (Å²) in [7, 11) is 3.30. The van der Waals surface area contributed by atoms with Gasteiger partial charge in [0.25, 0.3) is 0 Å². The third-order valence-corrected chi connectivity index (χ3v) is 2.59. The molecule has 0 bridgehead atoms. The SMILES string of the molecule is CON(C)CC(=O)N1CC(C)OC(C)(C)C1. The number of ether oxygens (including phenoxy) is 1. The van der Waals surface area contributed by atoms with Gasteiger partial charge in [-0.25, -0.2) is 0 Å². The lowest BCUT2D eigenvalue weighted by Gasteiger charge is -2.42. The zero-order valence-electron chi connectivity index (χ0n) is 10.8. The van der Waals surface area contributed by atoms with Crippen LogP contribution in [0.5, 0.6) is 0 Å². The van der Waals surface area contributed by atoms with E-state index < -0.39 is 0 Å². The zero-order valence-corrected chi connectivity index (χ0v) is 10.8. The molecule has 0 radical (unpaired) electrons. The molecule has 5 heteroatoms. The van der Waals surface area contributed by atoms with Gasteiger partial charge >= 0.3 is 0 Å². The summed E-state index contributed by atoms with van der Waals surface area (Å²) in [6.07, 6.45) is 0.0838. The van der Waals surface area contributed by atoms with Gasteiger partial charge in [-0.15, -0.1) is 0 Å². The molecular weight excluding hydrogens is 208 g/mol. The molecule has 1 saturated heterocycles. The maximum Gasteiger partial charge on any atom is 0.239 e. The van der Waals surface area contributed by atoms with Crippen LogP contribution >= 0.6 is 0 Å². The zero-order chi connectivity index (χ0) is 12.3. The summed E-state index contributed by atoms with van der Waals surface area (Å²) in [5.74, 6) is 0.0765. The van der Waals surface area contributed by atoms with E-state index in [0.717, 1.165) is 0 Å². The van der Waals surface area contributed by atoms with Gasteiger partial charge in [0.2, 0.25) is 5.91 Å². The molecular formula is C11H22N2O3. The number of likely N-dealkylation sites (N-methyl/N-ethyl adjacent to an activating group) is 1. The van der Waals surface area contributed by atoms with Gasteiger partial charge in [0.05, 0.1) is 18.8 Å². The highest BCUT2D eigenvalue weighted by atomic mass is 16.7. The second kappa shape index (κ2) is 5.12. The van der Waals surface area contributed by atoms with E-state index in [-0.39, 0.29) is 24.2 Å². The third kappa shape index (κ3) is 3.73. The molecule has 1 aliphatic rings. The number of nitrogens with zero attached hydrogens (tertiary/aromatic N) is 2. The topological polar surface area (TPSA) is 42.0 Å². The standard InChI is InChI=1S/C11H22N2O3/c1-9-6-13(8-11(2,3)16-9)10(14)7-12(4)15-5/h9H,6-8H2,1-5H3. The summed E-state index contributed by atoms with van der Waals surface area (Å²) in [6, 6.07) is 0. The molecule has 5 nitrogen and oxygen atoms in total. The summed E-state index contributed by atoms with van der Waals surface area (Å²) >= 11 is 0. The van der Waals surface area contributed by atoms with Crippen LogP contribution in [0.25, 0.3) is 0 Å². The summed E-state index contributed by atoms with van der Waals surface area (Å²) < 4.78 is 5.75. The molecule has 94 valence electrons. The van der Waals surface area contributed by atoms with Crippen molar-refractivity contribution >= 4 is 5.91 Å². The van der Waals surface area contributed by atoms with Crippen molar-refractivity contribution < 1.29 is 14.4 Å². The molecule has 1 amide bonds. The first-order valence-electron chi connectivity index (χ1n) is 5.55. The molecule has 1 atom stereocenters. The Kier molecular flexibility index (Phi) is 4.29. The largest absolute Gasteiger partial charge is 0.369 e. The van der Waals surface area contributed by atoms with Crippen LogP contribution in [-0.4, -0.2) is 61.4 Å². The molecule has 0 spiro atoms. The minimum Gasteiger partial charge on any atom is -0.369 e. The summed E-state index contributed by atoms with van der Waals surface area (Å²) in [5, 5.41) is 1.52. The molecule has 16 heavy (non-hydrogen) atoms. The molecule has 1 rings (SSSR count). The maximum atomic E-state index is 11.9. The van der Waals surface area contributed by atoms with Gasteiger partial charge in [-0.05, 0) is 20.8 Å². The van der Waals surface area contributed by atoms with Crippen molar-refractivity contribution in [3.63, 3.8) is 0 Å². The van der Waals surface area contributed by atoms with Gasteiger partial charge in [-0.1, -0.05) is 0 Å². The molecule has 1 unspecified atom stereocenters. The van der Waals surface area contributed by atoms with Crippen LogP contribution in [0.3, 0.4) is 0 Å². The Morgan fingerprint density at radius 1 is 1.62 bits per heavy atom. The Morgan fingerprint density at radius 3 is 2.75 bits per heavy atom. The molecule has 0 N–H and O–H groups in total. The predicted octanol–water partition coefficient (Wildman–Crippen LogP) is 0.505. The lowest BCUT2D eigenvalue weighted by atomic mass is 10.1. The fourth-order valence-corrected chi connectivity index (χ4v) is 2.00. The van der Waals surface area contributed by atoms with Gasteiger partial charge in [0.15, 0.2) is 0 Å². The molecule has 1 fully saturated rings. The van der Waals surface area contributed by atoms with Gasteiger partial charge in [-0.3, -0.25) is 4.79 Å². The number of rotatable bonds is 3. The van der Waals surface area contributed by atoms with E-state index in [1.807, 2.05) is 25.7 Å². The molecule has 0 saturated carbocycles. The average molecular weight is 230 g/mol. The van der Waals surface area contributed by atoms with Gasteiger partial charge < -0.3 is 14.5 Å². The van der Waals surface area contributed by atoms with Crippen LogP contribution in [-0.2, 0) is 14.4 Å². The van der Waals surface area contributed by atoms with E-state index in [1.54, 1.807) is 14.2 Å². The lowest BCUT2D eigenvalue weighted by molar-refractivity contribution is -0.170. The first kappa shape index (κ1) is 13.4. The van der Waals surface area contributed by atoms with Crippen LogP contribution in [0, 0.1) is 0 Å². The fourth-order valence-electron chi connectivity index (χ4n) is 2.00. The van der Waals surface area contributed by atoms with E-state index >= 15 is 0 Å². The van der Waals surface area contributed by atoms with Crippen molar-refractivity contribution in [1.29, 1.82) is 0 Å². The summed E-state index contributed by atoms with van der Waals surface area (Å²) in [5.41, 5.74) is -0.265. The van der Waals surface area contributed by atoms with Crippen molar-refractivity contribution in [3.05, 3.63) is 0 Å². The molecule has 1 aliphatic heterocycles. The van der Waals surface area contributed by atoms with Gasteiger partial charge in [0, 0.05) is 20.1 Å². The summed E-state index contributed by atoms with van der Waals surface area (Å²) in [4.78, 5) is 18.7. The number of hydrogen-bond acceptors (Lipinski definition) is 4. The highest BCUT2D eigenvalue weighted by Gasteiger charge is 2.33. The van der Waals surface area contributed by atoms with Crippen LogP contribution < -0.4 is 0 Å². The molecule has 1 heterocycles. The second-order valence-electron chi connectivity index (χ2n) is 4.93. The van der Waals surface area contributed by atoms with Crippen LogP contribution in [0.4, 0.5) is 0 Å². The van der Waals surface area contributed by atoms with Crippen LogP contribution in [0.1, 0.15) is 20.8 Å². The second-order valence-corrected chi connectivity index (χ2v) is 4.93. The molecule has 0 aromatic rings. The first-order valence-corrected chi connectivity index (χ1v) is 5.55. The minimum atomic E-state index is -0.265. The highest BCUT2D eigenvalue weighted by Crippen LogP contribution is 2.20. The van der Waals surface area contributed by atoms with Crippen LogP contribution in [0.15, 0.2) is 0 Å². The maximum absolute atomic E-state index is 11.9. The first-order chi connectivity index (χ1) is 7.34. The Balaban J connectivity index is 2.55. The predicted molar refractivity (Wildman–Crippen MR) is 60.8 cm³/mol. The van der Waals surface area contributed by atoms with E-state index in [4.69, 9.17) is 9.57 Å². The van der Waals surface area contributed by atoms with E-state index in [2.05, 4.69) is 0 Å². The normalized spacial score (nSPS) is 24.9. The fraction of sp³-hybridized carbons (Fsp3) is 0.909. The Labute approximate surface area is 97.2 Å². The van der Waals surface area contributed by atoms with Gasteiger partial charge in [0.1, 0.15) is 6.54 Å². The number of hydroxylamine groups is 2. The quantitative estimate of drug-likeness (QED) is 0.662. The average Bonchev–Trinajstić information content (AvgIpc) is 2.14. The summed E-state index contributed by atoms with van der Waals surface area (Å²) in [6.45, 7) is 7.56. The molecule has 0 aromatic heterocycles. The molecule has 0 aromatic carbocycles. The highest BCUT2D eigenvalue weighted by molar-refractivity contribution is 5.78. The van der Waals surface area contributed by atoms with Crippen molar-refractivity contribution in [2.75, 3.05) is 33.8 Å².